The minimum Gasteiger partial charge on any atom is -0.383 e. The fourth-order valence-corrected chi connectivity index (χ4v) is 3.06. The topological polar surface area (TPSA) is 34.1 Å². The summed E-state index contributed by atoms with van der Waals surface area (Å²) in [7, 11) is 1.72. The van der Waals surface area contributed by atoms with Gasteiger partial charge in [-0.1, -0.05) is 33.8 Å². The molecular formula is C16H28N2OS. The van der Waals surface area contributed by atoms with Gasteiger partial charge in [-0.3, -0.25) is 0 Å². The van der Waals surface area contributed by atoms with Gasteiger partial charge in [0.05, 0.1) is 17.3 Å². The molecular weight excluding hydrogens is 268 g/mol. The first kappa shape index (κ1) is 17.3. The molecule has 1 aromatic rings. The van der Waals surface area contributed by atoms with Gasteiger partial charge in [0.2, 0.25) is 0 Å². The highest BCUT2D eigenvalue weighted by Gasteiger charge is 2.24. The number of thiazole rings is 1. The molecule has 1 rings (SSSR count). The Morgan fingerprint density at radius 2 is 2.10 bits per heavy atom. The molecule has 114 valence electrons. The van der Waals surface area contributed by atoms with Gasteiger partial charge in [-0.15, -0.1) is 17.9 Å². The monoisotopic (exact) mass is 296 g/mol. The maximum atomic E-state index is 5.05. The van der Waals surface area contributed by atoms with Gasteiger partial charge in [-0.2, -0.15) is 0 Å². The van der Waals surface area contributed by atoms with E-state index in [2.05, 4.69) is 45.0 Å². The third-order valence-corrected chi connectivity index (χ3v) is 4.23. The van der Waals surface area contributed by atoms with Crippen molar-refractivity contribution in [2.24, 2.45) is 5.41 Å². The van der Waals surface area contributed by atoms with Crippen molar-refractivity contribution < 1.29 is 4.74 Å². The van der Waals surface area contributed by atoms with Crippen LogP contribution in [-0.4, -0.2) is 31.8 Å². The zero-order chi connectivity index (χ0) is 15.2. The van der Waals surface area contributed by atoms with E-state index in [9.17, 15) is 0 Å². The van der Waals surface area contributed by atoms with Gasteiger partial charge in [0.25, 0.3) is 0 Å². The fourth-order valence-electron chi connectivity index (χ4n) is 1.84. The van der Waals surface area contributed by atoms with Crippen molar-refractivity contribution in [2.75, 3.05) is 26.8 Å². The molecule has 0 amide bonds. The maximum absolute atomic E-state index is 5.05. The average Bonchev–Trinajstić information content (AvgIpc) is 2.83. The first-order chi connectivity index (χ1) is 9.30. The van der Waals surface area contributed by atoms with Gasteiger partial charge in [-0.05, 0) is 0 Å². The Labute approximate surface area is 127 Å². The van der Waals surface area contributed by atoms with Gasteiger partial charge in [0, 0.05) is 42.8 Å². The minimum atomic E-state index is 0.0285. The quantitative estimate of drug-likeness (QED) is 0.589. The summed E-state index contributed by atoms with van der Waals surface area (Å²) in [5, 5.41) is 6.78. The largest absolute Gasteiger partial charge is 0.383 e. The molecule has 0 bridgehead atoms. The van der Waals surface area contributed by atoms with Crippen LogP contribution in [0.5, 0.6) is 0 Å². The molecule has 0 aliphatic carbocycles. The second-order valence-corrected chi connectivity index (χ2v) is 7.52. The SMILES string of the molecule is C=CC(C)(CNCCOC)Cc1nc(C(C)(C)C)cs1. The highest BCUT2D eigenvalue weighted by molar-refractivity contribution is 7.09. The first-order valence-corrected chi connectivity index (χ1v) is 7.97. The molecule has 1 N–H and O–H groups in total. The predicted octanol–water partition coefficient (Wildman–Crippen LogP) is 3.41. The third-order valence-electron chi connectivity index (χ3n) is 3.38. The summed E-state index contributed by atoms with van der Waals surface area (Å²) in [4.78, 5) is 4.78. The second-order valence-electron chi connectivity index (χ2n) is 6.58. The number of aromatic nitrogens is 1. The average molecular weight is 296 g/mol. The predicted molar refractivity (Wildman–Crippen MR) is 87.6 cm³/mol. The fraction of sp³-hybridized carbons (Fsp3) is 0.688. The van der Waals surface area contributed by atoms with Crippen LogP contribution in [0.3, 0.4) is 0 Å². The molecule has 0 radical (unpaired) electrons. The zero-order valence-corrected chi connectivity index (χ0v) is 14.3. The molecule has 0 aliphatic heterocycles. The van der Waals surface area contributed by atoms with Crippen molar-refractivity contribution >= 4 is 11.3 Å². The van der Waals surface area contributed by atoms with Crippen molar-refractivity contribution in [3.05, 3.63) is 28.7 Å². The molecule has 3 nitrogen and oxygen atoms in total. The Kier molecular flexibility index (Phi) is 6.37. The highest BCUT2D eigenvalue weighted by Crippen LogP contribution is 2.29. The summed E-state index contributed by atoms with van der Waals surface area (Å²) in [6.45, 7) is 15.3. The Balaban J connectivity index is 2.63. The van der Waals surface area contributed by atoms with Gasteiger partial charge in [0.1, 0.15) is 0 Å². The van der Waals surface area contributed by atoms with Crippen molar-refractivity contribution in [3.63, 3.8) is 0 Å². The smallest absolute Gasteiger partial charge is 0.0937 e. The number of rotatable bonds is 8. The van der Waals surface area contributed by atoms with Crippen LogP contribution in [0.2, 0.25) is 0 Å². The van der Waals surface area contributed by atoms with E-state index in [1.807, 2.05) is 6.08 Å². The summed E-state index contributed by atoms with van der Waals surface area (Å²) in [5.41, 5.74) is 1.33. The standard InChI is InChI=1S/C16H28N2OS/c1-7-16(5,12-17-8-9-19-6)10-14-18-13(11-20-14)15(2,3)4/h7,11,17H,1,8-10,12H2,2-6H3. The van der Waals surface area contributed by atoms with Crippen LogP contribution < -0.4 is 5.32 Å². The Morgan fingerprint density at radius 1 is 1.40 bits per heavy atom. The van der Waals surface area contributed by atoms with Crippen molar-refractivity contribution in [1.29, 1.82) is 0 Å². The maximum Gasteiger partial charge on any atom is 0.0937 e. The molecule has 1 atom stereocenters. The van der Waals surface area contributed by atoms with E-state index in [0.29, 0.717) is 0 Å². The molecule has 0 saturated carbocycles. The van der Waals surface area contributed by atoms with E-state index in [1.165, 1.54) is 10.7 Å². The Morgan fingerprint density at radius 3 is 2.60 bits per heavy atom. The van der Waals surface area contributed by atoms with Crippen LogP contribution in [0.15, 0.2) is 18.0 Å². The van der Waals surface area contributed by atoms with Crippen LogP contribution in [0.25, 0.3) is 0 Å². The number of nitrogens with zero attached hydrogens (tertiary/aromatic N) is 1. The minimum absolute atomic E-state index is 0.0285. The molecule has 0 aliphatic rings. The van der Waals surface area contributed by atoms with E-state index < -0.39 is 0 Å². The van der Waals surface area contributed by atoms with Gasteiger partial charge >= 0.3 is 0 Å². The normalized spacial score (nSPS) is 15.1. The van der Waals surface area contributed by atoms with Crippen molar-refractivity contribution in [1.82, 2.24) is 10.3 Å². The number of ether oxygens (including phenoxy) is 1. The third kappa shape index (κ3) is 5.35. The molecule has 1 aromatic heterocycles. The number of hydrogen-bond acceptors (Lipinski definition) is 4. The van der Waals surface area contributed by atoms with E-state index in [4.69, 9.17) is 9.72 Å². The summed E-state index contributed by atoms with van der Waals surface area (Å²) in [6, 6.07) is 0. The van der Waals surface area contributed by atoms with Gasteiger partial charge in [0.15, 0.2) is 0 Å². The van der Waals surface area contributed by atoms with Crippen LogP contribution in [0.4, 0.5) is 0 Å². The van der Waals surface area contributed by atoms with Crippen molar-refractivity contribution in [3.8, 4) is 0 Å². The highest BCUT2D eigenvalue weighted by atomic mass is 32.1. The summed E-state index contributed by atoms with van der Waals surface area (Å²) >= 11 is 1.75. The van der Waals surface area contributed by atoms with Crippen LogP contribution in [0.1, 0.15) is 38.4 Å². The molecule has 4 heteroatoms. The molecule has 0 aromatic carbocycles. The lowest BCUT2D eigenvalue weighted by atomic mass is 9.87. The number of methoxy groups -OCH3 is 1. The van der Waals surface area contributed by atoms with Gasteiger partial charge in [-0.25, -0.2) is 4.98 Å². The summed E-state index contributed by atoms with van der Waals surface area (Å²) in [6.07, 6.45) is 2.96. The molecule has 0 fully saturated rings. The lowest BCUT2D eigenvalue weighted by molar-refractivity contribution is 0.195. The van der Waals surface area contributed by atoms with Crippen LogP contribution >= 0.6 is 11.3 Å². The molecule has 1 heterocycles. The van der Waals surface area contributed by atoms with E-state index in [1.54, 1.807) is 18.4 Å². The summed E-state index contributed by atoms with van der Waals surface area (Å²) in [5.74, 6) is 0. The molecule has 1 unspecified atom stereocenters. The Hall–Kier alpha value is -0.710. The second kappa shape index (κ2) is 7.34. The lowest BCUT2D eigenvalue weighted by Gasteiger charge is -2.25. The first-order valence-electron chi connectivity index (χ1n) is 7.09. The molecule has 0 saturated heterocycles. The molecule has 20 heavy (non-hydrogen) atoms. The van der Waals surface area contributed by atoms with Crippen LogP contribution in [-0.2, 0) is 16.6 Å². The number of nitrogens with one attached hydrogen (secondary N) is 1. The molecule has 0 spiro atoms. The number of hydrogen-bond donors (Lipinski definition) is 1. The van der Waals surface area contributed by atoms with E-state index in [0.717, 1.165) is 26.1 Å². The van der Waals surface area contributed by atoms with Crippen molar-refractivity contribution in [2.45, 2.75) is 39.5 Å². The summed E-state index contributed by atoms with van der Waals surface area (Å²) < 4.78 is 5.05. The Bertz CT molecular complexity index is 422. The van der Waals surface area contributed by atoms with E-state index in [-0.39, 0.29) is 10.8 Å². The van der Waals surface area contributed by atoms with E-state index >= 15 is 0 Å². The lowest BCUT2D eigenvalue weighted by Crippen LogP contribution is -2.33. The zero-order valence-electron chi connectivity index (χ0n) is 13.5. The van der Waals surface area contributed by atoms with Gasteiger partial charge < -0.3 is 10.1 Å². The van der Waals surface area contributed by atoms with Crippen LogP contribution in [0, 0.1) is 5.41 Å².